The van der Waals surface area contributed by atoms with E-state index in [0.29, 0.717) is 11.7 Å². The Hall–Kier alpha value is -1.63. The second kappa shape index (κ2) is 6.01. The van der Waals surface area contributed by atoms with E-state index in [1.165, 1.54) is 16.2 Å². The van der Waals surface area contributed by atoms with E-state index in [-0.39, 0.29) is 11.9 Å². The Morgan fingerprint density at radius 3 is 2.89 bits per heavy atom. The van der Waals surface area contributed by atoms with Crippen LogP contribution in [-0.2, 0) is 17.6 Å². The number of hydrogen-bond donors (Lipinski definition) is 3. The molecular weight excluding hydrogens is 264 g/mol. The molecule has 3 amide bonds. The molecule has 1 aliphatic heterocycles. The van der Waals surface area contributed by atoms with Crippen molar-refractivity contribution in [3.05, 3.63) is 10.6 Å². The summed E-state index contributed by atoms with van der Waals surface area (Å²) in [4.78, 5) is 28.6. The molecule has 0 bridgehead atoms. The van der Waals surface area contributed by atoms with Crippen molar-refractivity contribution >= 4 is 28.4 Å². The molecule has 1 fully saturated rings. The molecule has 1 saturated heterocycles. The predicted molar refractivity (Wildman–Crippen MR) is 74.4 cm³/mol. The Morgan fingerprint density at radius 2 is 2.32 bits per heavy atom. The van der Waals surface area contributed by atoms with Gasteiger partial charge in [0.1, 0.15) is 6.04 Å². The average Bonchev–Trinajstić information content (AvgIpc) is 2.96. The summed E-state index contributed by atoms with van der Waals surface area (Å²) in [5, 5.41) is 8.49. The molecule has 19 heavy (non-hydrogen) atoms. The van der Waals surface area contributed by atoms with Crippen molar-refractivity contribution in [1.82, 2.24) is 15.6 Å². The first-order valence-corrected chi connectivity index (χ1v) is 7.29. The molecule has 1 aliphatic rings. The summed E-state index contributed by atoms with van der Waals surface area (Å²) in [6.45, 7) is 4.51. The normalized spacial score (nSPS) is 18.0. The topological polar surface area (TPSA) is 83.1 Å². The molecule has 1 aromatic rings. The summed E-state index contributed by atoms with van der Waals surface area (Å²) in [6, 6.07) is -0.823. The van der Waals surface area contributed by atoms with Crippen molar-refractivity contribution in [2.24, 2.45) is 0 Å². The minimum absolute atomic E-state index is 0.224. The van der Waals surface area contributed by atoms with Crippen molar-refractivity contribution in [3.63, 3.8) is 0 Å². The quantitative estimate of drug-likeness (QED) is 0.760. The van der Waals surface area contributed by atoms with Gasteiger partial charge in [0.2, 0.25) is 0 Å². The van der Waals surface area contributed by atoms with Crippen LogP contribution in [0.3, 0.4) is 0 Å². The second-order valence-electron chi connectivity index (χ2n) is 4.39. The number of nitrogens with zero attached hydrogens (tertiary/aromatic N) is 1. The molecule has 0 aromatic carbocycles. The summed E-state index contributed by atoms with van der Waals surface area (Å²) in [7, 11) is 0. The zero-order chi connectivity index (χ0) is 13.8. The molecule has 1 aromatic heterocycles. The van der Waals surface area contributed by atoms with Gasteiger partial charge in [0, 0.05) is 11.4 Å². The Balaban J connectivity index is 2.02. The number of urea groups is 1. The SMILES string of the molecule is CCCc1nc(NC(=O)[C@H]2CNC(=O)N2)sc1CC. The standard InChI is InChI=1S/C12H18N4O2S/c1-3-5-7-9(4-2)19-12(15-7)16-10(17)8-6-13-11(18)14-8/h8H,3-6H2,1-2H3,(H2,13,14,18)(H,15,16,17)/t8-/m1/s1. The molecule has 0 unspecified atom stereocenters. The third kappa shape index (κ3) is 3.23. The number of rotatable bonds is 5. The van der Waals surface area contributed by atoms with Crippen LogP contribution in [0.2, 0.25) is 0 Å². The van der Waals surface area contributed by atoms with Gasteiger partial charge in [-0.05, 0) is 12.8 Å². The fourth-order valence-corrected chi connectivity index (χ4v) is 2.90. The second-order valence-corrected chi connectivity index (χ2v) is 5.47. The maximum atomic E-state index is 11.9. The molecule has 6 nitrogen and oxygen atoms in total. The average molecular weight is 282 g/mol. The van der Waals surface area contributed by atoms with Gasteiger partial charge in [-0.1, -0.05) is 20.3 Å². The highest BCUT2D eigenvalue weighted by Gasteiger charge is 2.27. The number of nitrogens with one attached hydrogen (secondary N) is 3. The van der Waals surface area contributed by atoms with Crippen LogP contribution in [0.4, 0.5) is 9.93 Å². The van der Waals surface area contributed by atoms with Crippen molar-refractivity contribution < 1.29 is 9.59 Å². The van der Waals surface area contributed by atoms with Crippen LogP contribution < -0.4 is 16.0 Å². The summed E-state index contributed by atoms with van der Waals surface area (Å²) in [6.07, 6.45) is 2.88. The zero-order valence-corrected chi connectivity index (χ0v) is 11.9. The fraction of sp³-hybridized carbons (Fsp3) is 0.583. The Labute approximate surface area is 116 Å². The highest BCUT2D eigenvalue weighted by atomic mass is 32.1. The van der Waals surface area contributed by atoms with Crippen molar-refractivity contribution in [3.8, 4) is 0 Å². The van der Waals surface area contributed by atoms with Gasteiger partial charge in [0.05, 0.1) is 5.69 Å². The molecule has 2 rings (SSSR count). The smallest absolute Gasteiger partial charge is 0.315 e. The molecular formula is C12H18N4O2S. The van der Waals surface area contributed by atoms with Crippen molar-refractivity contribution in [2.75, 3.05) is 11.9 Å². The first kappa shape index (κ1) is 13.8. The van der Waals surface area contributed by atoms with E-state index >= 15 is 0 Å². The van der Waals surface area contributed by atoms with Crippen LogP contribution in [0.1, 0.15) is 30.8 Å². The Morgan fingerprint density at radius 1 is 1.53 bits per heavy atom. The highest BCUT2D eigenvalue weighted by molar-refractivity contribution is 7.15. The van der Waals surface area contributed by atoms with Gasteiger partial charge in [-0.25, -0.2) is 9.78 Å². The Bertz CT molecular complexity index is 486. The molecule has 1 atom stereocenters. The highest BCUT2D eigenvalue weighted by Crippen LogP contribution is 2.24. The number of anilines is 1. The first-order valence-electron chi connectivity index (χ1n) is 6.47. The Kier molecular flexibility index (Phi) is 4.36. The van der Waals surface area contributed by atoms with E-state index in [4.69, 9.17) is 0 Å². The van der Waals surface area contributed by atoms with Crippen LogP contribution in [0.5, 0.6) is 0 Å². The van der Waals surface area contributed by atoms with Gasteiger partial charge in [0.25, 0.3) is 5.91 Å². The summed E-state index contributed by atoms with van der Waals surface area (Å²) in [5.41, 5.74) is 1.07. The van der Waals surface area contributed by atoms with Crippen LogP contribution in [0, 0.1) is 0 Å². The lowest BCUT2D eigenvalue weighted by Crippen LogP contribution is -2.38. The first-order chi connectivity index (χ1) is 9.13. The maximum absolute atomic E-state index is 11.9. The predicted octanol–water partition coefficient (Wildman–Crippen LogP) is 1.28. The number of amides is 3. The van der Waals surface area contributed by atoms with Gasteiger partial charge in [0.15, 0.2) is 5.13 Å². The molecule has 7 heteroatoms. The van der Waals surface area contributed by atoms with E-state index < -0.39 is 6.04 Å². The third-order valence-corrected chi connectivity index (χ3v) is 4.06. The van der Waals surface area contributed by atoms with Crippen molar-refractivity contribution in [1.29, 1.82) is 0 Å². The number of carbonyl (C=O) groups excluding carboxylic acids is 2. The van der Waals surface area contributed by atoms with Gasteiger partial charge >= 0.3 is 6.03 Å². The number of hydrogen-bond acceptors (Lipinski definition) is 4. The number of thiazole rings is 1. The lowest BCUT2D eigenvalue weighted by atomic mass is 10.2. The van der Waals surface area contributed by atoms with Gasteiger partial charge in [-0.2, -0.15) is 0 Å². The summed E-state index contributed by atoms with van der Waals surface area (Å²) in [5.74, 6) is -0.224. The molecule has 104 valence electrons. The lowest BCUT2D eigenvalue weighted by Gasteiger charge is -2.06. The number of aryl methyl sites for hydroxylation is 2. The lowest BCUT2D eigenvalue weighted by molar-refractivity contribution is -0.117. The monoisotopic (exact) mass is 282 g/mol. The third-order valence-electron chi connectivity index (χ3n) is 2.90. The fourth-order valence-electron chi connectivity index (χ4n) is 1.95. The number of aromatic nitrogens is 1. The van der Waals surface area contributed by atoms with E-state index in [1.807, 2.05) is 0 Å². The molecule has 0 aliphatic carbocycles. The van der Waals surface area contributed by atoms with Gasteiger partial charge in [-0.15, -0.1) is 11.3 Å². The van der Waals surface area contributed by atoms with E-state index in [2.05, 4.69) is 34.8 Å². The van der Waals surface area contributed by atoms with Gasteiger partial charge < -0.3 is 16.0 Å². The molecule has 0 radical (unpaired) electrons. The molecule has 3 N–H and O–H groups in total. The van der Waals surface area contributed by atoms with Crippen LogP contribution in [0.25, 0.3) is 0 Å². The van der Waals surface area contributed by atoms with Crippen LogP contribution >= 0.6 is 11.3 Å². The molecule has 0 saturated carbocycles. The van der Waals surface area contributed by atoms with E-state index in [9.17, 15) is 9.59 Å². The van der Waals surface area contributed by atoms with Gasteiger partial charge in [-0.3, -0.25) is 4.79 Å². The summed E-state index contributed by atoms with van der Waals surface area (Å²) >= 11 is 1.51. The molecule has 2 heterocycles. The molecule has 0 spiro atoms. The minimum Gasteiger partial charge on any atom is -0.336 e. The summed E-state index contributed by atoms with van der Waals surface area (Å²) < 4.78 is 0. The number of carbonyl (C=O) groups is 2. The van der Waals surface area contributed by atoms with Crippen LogP contribution in [0.15, 0.2) is 0 Å². The largest absolute Gasteiger partial charge is 0.336 e. The zero-order valence-electron chi connectivity index (χ0n) is 11.1. The van der Waals surface area contributed by atoms with Crippen LogP contribution in [-0.4, -0.2) is 29.5 Å². The maximum Gasteiger partial charge on any atom is 0.315 e. The van der Waals surface area contributed by atoms with E-state index in [0.717, 1.165) is 25.0 Å². The minimum atomic E-state index is -0.517. The van der Waals surface area contributed by atoms with Crippen molar-refractivity contribution in [2.45, 2.75) is 39.2 Å². The van der Waals surface area contributed by atoms with E-state index in [1.54, 1.807) is 0 Å².